The lowest BCUT2D eigenvalue weighted by atomic mass is 10.1. The predicted molar refractivity (Wildman–Crippen MR) is 83.3 cm³/mol. The van der Waals surface area contributed by atoms with E-state index in [2.05, 4.69) is 0 Å². The van der Waals surface area contributed by atoms with Crippen molar-refractivity contribution < 1.29 is 0 Å². The molecule has 0 fully saturated rings. The van der Waals surface area contributed by atoms with E-state index >= 15 is 0 Å². The van der Waals surface area contributed by atoms with Crippen molar-refractivity contribution in [2.45, 2.75) is 13.8 Å². The monoisotopic (exact) mass is 285 g/mol. The molecule has 1 aromatic heterocycles. The minimum absolute atomic E-state index is 0.199. The number of nitrogens with zero attached hydrogens (tertiary/aromatic N) is 1. The summed E-state index contributed by atoms with van der Waals surface area (Å²) in [7, 11) is 0. The van der Waals surface area contributed by atoms with E-state index in [0.29, 0.717) is 10.6 Å². The summed E-state index contributed by atoms with van der Waals surface area (Å²) in [6.07, 6.45) is 3.73. The number of allylic oxidation sites excluding steroid dienone is 2. The molecule has 0 aliphatic carbocycles. The third kappa shape index (κ3) is 2.73. The lowest BCUT2D eigenvalue weighted by Gasteiger charge is -2.11. The summed E-state index contributed by atoms with van der Waals surface area (Å²) in [4.78, 5) is 0. The fraction of sp³-hybridized carbons (Fsp3) is 0.125. The Morgan fingerprint density at radius 3 is 2.55 bits per heavy atom. The van der Waals surface area contributed by atoms with Crippen LogP contribution < -0.4 is 5.49 Å². The van der Waals surface area contributed by atoms with Crippen LogP contribution in [0.4, 0.5) is 0 Å². The number of hydrogen-bond acceptors (Lipinski definition) is 2. The van der Waals surface area contributed by atoms with Crippen molar-refractivity contribution in [1.29, 1.82) is 10.8 Å². The lowest BCUT2D eigenvalue weighted by molar-refractivity contribution is 0.961. The average molecular weight is 286 g/mol. The standard InChI is InChI=1S/C16H16ClN3/c1-3-11(2)12-8-9-20(15(18)10-12)16(19)13-6-4-5-7-14(13)17/h3-10,18-19H,1-2H3/b11-3+,18-15?,19-16?. The Balaban J connectivity index is 2.47. The predicted octanol–water partition coefficient (Wildman–Crippen LogP) is 3.92. The van der Waals surface area contributed by atoms with E-state index in [0.717, 1.165) is 11.1 Å². The molecule has 1 heterocycles. The minimum atomic E-state index is 0.199. The quantitative estimate of drug-likeness (QED) is 0.621. The molecule has 0 aliphatic rings. The first kappa shape index (κ1) is 14.3. The molecule has 0 atom stereocenters. The van der Waals surface area contributed by atoms with Gasteiger partial charge in [-0.3, -0.25) is 15.4 Å². The van der Waals surface area contributed by atoms with Crippen molar-refractivity contribution in [2.75, 3.05) is 0 Å². The maximum absolute atomic E-state index is 8.22. The summed E-state index contributed by atoms with van der Waals surface area (Å²) >= 11 is 6.10. The molecule has 2 N–H and O–H groups in total. The molecule has 0 saturated heterocycles. The van der Waals surface area contributed by atoms with Gasteiger partial charge in [0.1, 0.15) is 11.3 Å². The second kappa shape index (κ2) is 5.88. The van der Waals surface area contributed by atoms with Crippen LogP contribution in [-0.2, 0) is 0 Å². The molecule has 0 bridgehead atoms. The van der Waals surface area contributed by atoms with E-state index < -0.39 is 0 Å². The Kier molecular flexibility index (Phi) is 4.20. The summed E-state index contributed by atoms with van der Waals surface area (Å²) in [6, 6.07) is 10.8. The van der Waals surface area contributed by atoms with E-state index in [1.54, 1.807) is 24.4 Å². The van der Waals surface area contributed by atoms with Gasteiger partial charge in [-0.2, -0.15) is 0 Å². The van der Waals surface area contributed by atoms with Gasteiger partial charge < -0.3 is 0 Å². The number of halogens is 1. The van der Waals surface area contributed by atoms with Crippen LogP contribution in [0.5, 0.6) is 0 Å². The summed E-state index contributed by atoms with van der Waals surface area (Å²) in [6.45, 7) is 3.96. The van der Waals surface area contributed by atoms with E-state index in [4.69, 9.17) is 22.4 Å². The van der Waals surface area contributed by atoms with Gasteiger partial charge in [-0.15, -0.1) is 0 Å². The number of nitrogens with one attached hydrogen (secondary N) is 2. The van der Waals surface area contributed by atoms with Gasteiger partial charge in [0, 0.05) is 11.8 Å². The highest BCUT2D eigenvalue weighted by molar-refractivity contribution is 6.34. The molecule has 0 aliphatic heterocycles. The zero-order valence-corrected chi connectivity index (χ0v) is 12.2. The summed E-state index contributed by atoms with van der Waals surface area (Å²) in [5.41, 5.74) is 2.97. The van der Waals surface area contributed by atoms with Gasteiger partial charge in [0.2, 0.25) is 0 Å². The first-order valence-corrected chi connectivity index (χ1v) is 6.67. The van der Waals surface area contributed by atoms with Crippen LogP contribution >= 0.6 is 11.6 Å². The third-order valence-electron chi connectivity index (χ3n) is 3.21. The fourth-order valence-electron chi connectivity index (χ4n) is 1.89. The van der Waals surface area contributed by atoms with Gasteiger partial charge in [-0.05, 0) is 49.2 Å². The number of benzene rings is 1. The van der Waals surface area contributed by atoms with Crippen LogP contribution in [-0.4, -0.2) is 10.4 Å². The van der Waals surface area contributed by atoms with E-state index in [9.17, 15) is 0 Å². The Morgan fingerprint density at radius 1 is 1.25 bits per heavy atom. The van der Waals surface area contributed by atoms with Crippen LogP contribution in [0.25, 0.3) is 5.57 Å². The normalized spacial score (nSPS) is 11.4. The molecule has 4 heteroatoms. The van der Waals surface area contributed by atoms with Crippen molar-refractivity contribution in [3.05, 3.63) is 70.3 Å². The molecule has 0 saturated carbocycles. The maximum Gasteiger partial charge on any atom is 0.139 e. The highest BCUT2D eigenvalue weighted by Crippen LogP contribution is 2.16. The van der Waals surface area contributed by atoms with Crippen molar-refractivity contribution in [3.63, 3.8) is 0 Å². The van der Waals surface area contributed by atoms with Crippen molar-refractivity contribution >= 4 is 23.0 Å². The molecule has 2 rings (SSSR count). The molecule has 3 nitrogen and oxygen atoms in total. The lowest BCUT2D eigenvalue weighted by Crippen LogP contribution is -2.26. The first-order valence-electron chi connectivity index (χ1n) is 6.29. The van der Waals surface area contributed by atoms with Crippen LogP contribution in [0.2, 0.25) is 5.02 Å². The van der Waals surface area contributed by atoms with Crippen LogP contribution in [0.1, 0.15) is 25.0 Å². The fourth-order valence-corrected chi connectivity index (χ4v) is 2.12. The molecule has 20 heavy (non-hydrogen) atoms. The van der Waals surface area contributed by atoms with Gasteiger partial charge >= 0.3 is 0 Å². The summed E-state index contributed by atoms with van der Waals surface area (Å²) < 4.78 is 1.51. The smallest absolute Gasteiger partial charge is 0.139 e. The van der Waals surface area contributed by atoms with Crippen molar-refractivity contribution in [2.24, 2.45) is 0 Å². The Hall–Kier alpha value is -2.13. The van der Waals surface area contributed by atoms with Crippen molar-refractivity contribution in [1.82, 2.24) is 4.57 Å². The zero-order chi connectivity index (χ0) is 14.7. The molecule has 2 aromatic rings. The molecule has 1 aromatic carbocycles. The largest absolute Gasteiger partial charge is 0.286 e. The average Bonchev–Trinajstić information content (AvgIpc) is 2.46. The zero-order valence-electron chi connectivity index (χ0n) is 11.4. The molecule has 0 amide bonds. The van der Waals surface area contributed by atoms with Crippen molar-refractivity contribution in [3.8, 4) is 0 Å². The number of rotatable bonds is 2. The van der Waals surface area contributed by atoms with Crippen LogP contribution in [0.3, 0.4) is 0 Å². The molecule has 0 spiro atoms. The van der Waals surface area contributed by atoms with Gasteiger partial charge in [-0.25, -0.2) is 0 Å². The van der Waals surface area contributed by atoms with Crippen LogP contribution in [0.15, 0.2) is 48.7 Å². The maximum atomic E-state index is 8.22. The topological polar surface area (TPSA) is 52.6 Å². The van der Waals surface area contributed by atoms with Gasteiger partial charge in [0.05, 0.1) is 5.02 Å². The molecule has 102 valence electrons. The minimum Gasteiger partial charge on any atom is -0.286 e. The number of aromatic nitrogens is 1. The molecule has 0 unspecified atom stereocenters. The third-order valence-corrected chi connectivity index (χ3v) is 3.54. The second-order valence-electron chi connectivity index (χ2n) is 4.47. The van der Waals surface area contributed by atoms with Gasteiger partial charge in [0.15, 0.2) is 0 Å². The Bertz CT molecular complexity index is 741. The van der Waals surface area contributed by atoms with E-state index in [1.165, 1.54) is 4.57 Å². The van der Waals surface area contributed by atoms with Gasteiger partial charge in [-0.1, -0.05) is 29.8 Å². The molecular weight excluding hydrogens is 270 g/mol. The number of hydrogen-bond donors (Lipinski definition) is 2. The van der Waals surface area contributed by atoms with Gasteiger partial charge in [0.25, 0.3) is 0 Å². The van der Waals surface area contributed by atoms with E-state index in [1.807, 2.05) is 38.1 Å². The van der Waals surface area contributed by atoms with Crippen LogP contribution in [0, 0.1) is 10.8 Å². The van der Waals surface area contributed by atoms with E-state index in [-0.39, 0.29) is 11.3 Å². The first-order chi connectivity index (χ1) is 9.54. The highest BCUT2D eigenvalue weighted by Gasteiger charge is 2.08. The highest BCUT2D eigenvalue weighted by atomic mass is 35.5. The molecular formula is C16H16ClN3. The number of pyridine rings is 1. The molecule has 0 radical (unpaired) electrons. The summed E-state index contributed by atoms with van der Waals surface area (Å²) in [5.74, 6) is 0.199. The summed E-state index contributed by atoms with van der Waals surface area (Å²) in [5, 5.41) is 16.8. The Morgan fingerprint density at radius 2 is 1.95 bits per heavy atom. The SMILES string of the molecule is C/C=C(\C)c1ccn(C(=N)c2ccccc2Cl)c(=N)c1. The Labute approximate surface area is 123 Å². The second-order valence-corrected chi connectivity index (χ2v) is 4.88.